The first-order valence-corrected chi connectivity index (χ1v) is 9.83. The Hall–Kier alpha value is -3.62. The number of para-hydroxylation sites is 2. The maximum Gasteiger partial charge on any atom is 0.416 e. The summed E-state index contributed by atoms with van der Waals surface area (Å²) in [5.41, 5.74) is 0.561. The zero-order chi connectivity index (χ0) is 23.5. The molecule has 32 heavy (non-hydrogen) atoms. The minimum Gasteiger partial charge on any atom is -0.481 e. The van der Waals surface area contributed by atoms with E-state index in [-0.39, 0.29) is 23.4 Å². The van der Waals surface area contributed by atoms with E-state index in [1.54, 1.807) is 24.3 Å². The second kappa shape index (κ2) is 9.25. The van der Waals surface area contributed by atoms with Gasteiger partial charge in [0.1, 0.15) is 0 Å². The van der Waals surface area contributed by atoms with Gasteiger partial charge in [-0.3, -0.25) is 14.4 Å². The molecular weight excluding hydrogens is 425 g/mol. The number of amides is 2. The summed E-state index contributed by atoms with van der Waals surface area (Å²) >= 11 is 0. The number of carbonyl (C=O) groups is 3. The van der Waals surface area contributed by atoms with Crippen LogP contribution in [-0.2, 0) is 15.8 Å². The Kier molecular flexibility index (Phi) is 6.67. The number of carbonyl (C=O) groups excluding carboxylic acids is 2. The summed E-state index contributed by atoms with van der Waals surface area (Å²) in [6, 6.07) is 10.1. The van der Waals surface area contributed by atoms with Gasteiger partial charge < -0.3 is 15.7 Å². The number of carboxylic acid groups (broad SMARTS) is 1. The normalized spacial score (nSPS) is 18.4. The van der Waals surface area contributed by atoms with Crippen molar-refractivity contribution in [2.75, 3.05) is 10.6 Å². The number of anilines is 2. The molecule has 0 bridgehead atoms. The second-order valence-electron chi connectivity index (χ2n) is 7.61. The van der Waals surface area contributed by atoms with Crippen LogP contribution >= 0.6 is 0 Å². The predicted octanol–water partition coefficient (Wildman–Crippen LogP) is 4.95. The quantitative estimate of drug-likeness (QED) is 0.566. The van der Waals surface area contributed by atoms with E-state index in [9.17, 15) is 32.7 Å². The van der Waals surface area contributed by atoms with Crippen molar-refractivity contribution in [3.05, 3.63) is 71.3 Å². The molecule has 9 heteroatoms. The highest BCUT2D eigenvalue weighted by molar-refractivity contribution is 6.07. The molecule has 2 aromatic rings. The van der Waals surface area contributed by atoms with E-state index in [1.807, 2.05) is 6.92 Å². The van der Waals surface area contributed by atoms with Crippen molar-refractivity contribution in [2.45, 2.75) is 25.9 Å². The molecule has 0 aromatic heterocycles. The third kappa shape index (κ3) is 5.35. The summed E-state index contributed by atoms with van der Waals surface area (Å²) in [5, 5.41) is 14.7. The van der Waals surface area contributed by atoms with E-state index < -0.39 is 41.4 Å². The Bertz CT molecular complexity index is 1060. The molecule has 0 unspecified atom stereocenters. The predicted molar refractivity (Wildman–Crippen MR) is 112 cm³/mol. The Morgan fingerprint density at radius 2 is 1.53 bits per heavy atom. The van der Waals surface area contributed by atoms with Crippen molar-refractivity contribution in [1.82, 2.24) is 0 Å². The Morgan fingerprint density at radius 3 is 2.09 bits per heavy atom. The molecule has 2 aromatic carbocycles. The van der Waals surface area contributed by atoms with E-state index in [4.69, 9.17) is 0 Å². The number of aliphatic carboxylic acids is 1. The largest absolute Gasteiger partial charge is 0.481 e. The van der Waals surface area contributed by atoms with Crippen LogP contribution in [-0.4, -0.2) is 22.9 Å². The maximum atomic E-state index is 12.8. The van der Waals surface area contributed by atoms with E-state index in [0.717, 1.165) is 29.8 Å². The van der Waals surface area contributed by atoms with Crippen LogP contribution in [0, 0.1) is 11.8 Å². The minimum absolute atomic E-state index is 0.0121. The summed E-state index contributed by atoms with van der Waals surface area (Å²) in [6.07, 6.45) is -2.14. The molecule has 0 fully saturated rings. The summed E-state index contributed by atoms with van der Waals surface area (Å²) in [5.74, 6) is -3.82. The highest BCUT2D eigenvalue weighted by atomic mass is 19.4. The highest BCUT2D eigenvalue weighted by Crippen LogP contribution is 2.32. The van der Waals surface area contributed by atoms with Gasteiger partial charge in [0.05, 0.1) is 28.8 Å². The van der Waals surface area contributed by atoms with E-state index in [1.165, 1.54) is 6.07 Å². The fourth-order valence-corrected chi connectivity index (χ4v) is 3.54. The van der Waals surface area contributed by atoms with E-state index >= 15 is 0 Å². The summed E-state index contributed by atoms with van der Waals surface area (Å²) < 4.78 is 38.1. The van der Waals surface area contributed by atoms with Gasteiger partial charge >= 0.3 is 12.1 Å². The van der Waals surface area contributed by atoms with Crippen molar-refractivity contribution < 1.29 is 32.7 Å². The number of halogens is 3. The van der Waals surface area contributed by atoms with Gasteiger partial charge in [-0.2, -0.15) is 13.2 Å². The van der Waals surface area contributed by atoms with E-state index in [2.05, 4.69) is 10.6 Å². The lowest BCUT2D eigenvalue weighted by molar-refractivity contribution is -0.146. The van der Waals surface area contributed by atoms with Crippen molar-refractivity contribution in [3.63, 3.8) is 0 Å². The van der Waals surface area contributed by atoms with Gasteiger partial charge in [-0.25, -0.2) is 0 Å². The average Bonchev–Trinajstić information content (AvgIpc) is 2.74. The monoisotopic (exact) mass is 446 g/mol. The molecular formula is C23H21F3N2O4. The fourth-order valence-electron chi connectivity index (χ4n) is 3.54. The van der Waals surface area contributed by atoms with Crippen LogP contribution in [0.25, 0.3) is 0 Å². The molecule has 0 radical (unpaired) electrons. The first-order valence-electron chi connectivity index (χ1n) is 9.83. The van der Waals surface area contributed by atoms with Crippen molar-refractivity contribution in [2.24, 2.45) is 11.8 Å². The van der Waals surface area contributed by atoms with Gasteiger partial charge in [0.15, 0.2) is 0 Å². The van der Waals surface area contributed by atoms with Crippen LogP contribution in [0.15, 0.2) is 60.2 Å². The zero-order valence-electron chi connectivity index (χ0n) is 17.1. The number of carboxylic acids is 1. The highest BCUT2D eigenvalue weighted by Gasteiger charge is 2.35. The molecule has 0 heterocycles. The summed E-state index contributed by atoms with van der Waals surface area (Å²) in [6.45, 7) is 1.83. The maximum absolute atomic E-state index is 12.8. The molecule has 2 amide bonds. The van der Waals surface area contributed by atoms with Crippen LogP contribution in [0.3, 0.4) is 0 Å². The molecule has 2 atom stereocenters. The summed E-state index contributed by atoms with van der Waals surface area (Å²) in [4.78, 5) is 36.9. The van der Waals surface area contributed by atoms with Gasteiger partial charge in [-0.05, 0) is 56.2 Å². The second-order valence-corrected chi connectivity index (χ2v) is 7.61. The third-order valence-corrected chi connectivity index (χ3v) is 5.31. The van der Waals surface area contributed by atoms with Crippen LogP contribution in [0.2, 0.25) is 0 Å². The minimum atomic E-state index is -4.51. The molecule has 0 saturated heterocycles. The molecule has 3 N–H and O–H groups in total. The van der Waals surface area contributed by atoms with E-state index in [0.29, 0.717) is 6.42 Å². The van der Waals surface area contributed by atoms with Gasteiger partial charge in [0.2, 0.25) is 5.91 Å². The third-order valence-electron chi connectivity index (χ3n) is 5.31. The van der Waals surface area contributed by atoms with Crippen LogP contribution in [0.4, 0.5) is 24.5 Å². The number of hydrogen-bond acceptors (Lipinski definition) is 3. The molecule has 6 nitrogen and oxygen atoms in total. The van der Waals surface area contributed by atoms with Crippen molar-refractivity contribution in [3.8, 4) is 0 Å². The Morgan fingerprint density at radius 1 is 0.938 bits per heavy atom. The summed E-state index contributed by atoms with van der Waals surface area (Å²) in [7, 11) is 0. The van der Waals surface area contributed by atoms with Gasteiger partial charge in [0.25, 0.3) is 5.91 Å². The molecule has 0 saturated carbocycles. The smallest absolute Gasteiger partial charge is 0.416 e. The molecule has 0 aliphatic heterocycles. The van der Waals surface area contributed by atoms with Gasteiger partial charge in [-0.15, -0.1) is 0 Å². The molecule has 168 valence electrons. The molecule has 3 rings (SSSR count). The molecule has 1 aliphatic carbocycles. The Labute approximate surface area is 182 Å². The van der Waals surface area contributed by atoms with Crippen molar-refractivity contribution >= 4 is 29.2 Å². The van der Waals surface area contributed by atoms with Crippen LogP contribution in [0.1, 0.15) is 35.7 Å². The molecule has 0 spiro atoms. The number of alkyl halides is 3. The SMILES string of the molecule is CC1=CC[C@H](C(=O)O)[C@H](C(=O)Nc2ccccc2NC(=O)c2ccc(C(F)(F)F)cc2)C1. The first kappa shape index (κ1) is 23.1. The average molecular weight is 446 g/mol. The fraction of sp³-hybridized carbons (Fsp3) is 0.261. The topological polar surface area (TPSA) is 95.5 Å². The first-order chi connectivity index (χ1) is 15.1. The number of rotatable bonds is 5. The molecule has 1 aliphatic rings. The number of benzene rings is 2. The van der Waals surface area contributed by atoms with Gasteiger partial charge in [-0.1, -0.05) is 23.8 Å². The number of nitrogens with one attached hydrogen (secondary N) is 2. The lowest BCUT2D eigenvalue weighted by Gasteiger charge is -2.27. The van der Waals surface area contributed by atoms with Crippen LogP contribution < -0.4 is 10.6 Å². The van der Waals surface area contributed by atoms with Gasteiger partial charge in [0, 0.05) is 5.56 Å². The number of hydrogen-bond donors (Lipinski definition) is 3. The zero-order valence-corrected chi connectivity index (χ0v) is 17.1. The van der Waals surface area contributed by atoms with Crippen molar-refractivity contribution in [1.29, 1.82) is 0 Å². The van der Waals surface area contributed by atoms with Crippen LogP contribution in [0.5, 0.6) is 0 Å². The number of allylic oxidation sites excluding steroid dienone is 2. The lowest BCUT2D eigenvalue weighted by Crippen LogP contribution is -2.35. The Balaban J connectivity index is 1.76. The lowest BCUT2D eigenvalue weighted by atomic mass is 9.79. The standard InChI is InChI=1S/C23H21F3N2O4/c1-13-6-11-16(22(31)32)17(12-13)21(30)28-19-5-3-2-4-18(19)27-20(29)14-7-9-15(10-8-14)23(24,25)26/h2-10,16-17H,11-12H2,1H3,(H,27,29)(H,28,30)(H,31,32)/t16-,17+/m0/s1.